The van der Waals surface area contributed by atoms with Gasteiger partial charge in [-0.05, 0) is 63.7 Å². The van der Waals surface area contributed by atoms with Crippen molar-refractivity contribution in [2.45, 2.75) is 32.6 Å². The maximum atomic E-state index is 13.0. The van der Waals surface area contributed by atoms with Gasteiger partial charge in [0.1, 0.15) is 11.5 Å². The predicted molar refractivity (Wildman–Crippen MR) is 145 cm³/mol. The van der Waals surface area contributed by atoms with Gasteiger partial charge >= 0.3 is 0 Å². The van der Waals surface area contributed by atoms with Crippen LogP contribution in [0.15, 0.2) is 83.7 Å². The lowest BCUT2D eigenvalue weighted by molar-refractivity contribution is 0.235. The van der Waals surface area contributed by atoms with Crippen LogP contribution in [0.25, 0.3) is 10.9 Å². The van der Waals surface area contributed by atoms with Crippen molar-refractivity contribution in [3.8, 4) is 11.5 Å². The van der Waals surface area contributed by atoms with Gasteiger partial charge < -0.3 is 14.5 Å². The van der Waals surface area contributed by atoms with Gasteiger partial charge in [0.2, 0.25) is 0 Å². The molecule has 2 heterocycles. The van der Waals surface area contributed by atoms with Gasteiger partial charge in [-0.1, -0.05) is 42.5 Å². The molecule has 0 amide bonds. The third-order valence-corrected chi connectivity index (χ3v) is 6.52. The summed E-state index contributed by atoms with van der Waals surface area (Å²) < 4.78 is 12.4. The van der Waals surface area contributed by atoms with Crippen LogP contribution in [0.2, 0.25) is 0 Å². The summed E-state index contributed by atoms with van der Waals surface area (Å²) in [7, 11) is 3.26. The van der Waals surface area contributed by atoms with E-state index in [1.807, 2.05) is 71.4 Å². The summed E-state index contributed by atoms with van der Waals surface area (Å²) in [5, 5.41) is 13.4. The molecule has 0 aliphatic heterocycles. The van der Waals surface area contributed by atoms with Gasteiger partial charge in [-0.3, -0.25) is 9.69 Å². The van der Waals surface area contributed by atoms with E-state index in [1.165, 1.54) is 5.56 Å². The van der Waals surface area contributed by atoms with Crippen LogP contribution in [-0.4, -0.2) is 44.3 Å². The lowest BCUT2D eigenvalue weighted by Crippen LogP contribution is -2.28. The van der Waals surface area contributed by atoms with Crippen molar-refractivity contribution in [2.75, 3.05) is 14.2 Å². The van der Waals surface area contributed by atoms with Crippen molar-refractivity contribution >= 4 is 10.9 Å². The van der Waals surface area contributed by atoms with E-state index >= 15 is 0 Å². The first kappa shape index (κ1) is 25.2. The first-order valence-corrected chi connectivity index (χ1v) is 12.5. The Kier molecular flexibility index (Phi) is 7.75. The summed E-state index contributed by atoms with van der Waals surface area (Å²) in [4.78, 5) is 18.2. The highest BCUT2D eigenvalue weighted by atomic mass is 16.5. The zero-order valence-electron chi connectivity index (χ0n) is 21.5. The fraction of sp³-hybridized carbons (Fsp3) is 0.241. The van der Waals surface area contributed by atoms with Gasteiger partial charge in [0.15, 0.2) is 5.82 Å². The summed E-state index contributed by atoms with van der Waals surface area (Å²) >= 11 is 0. The minimum Gasteiger partial charge on any atom is -0.497 e. The molecule has 0 atom stereocenters. The monoisotopic (exact) mass is 510 g/mol. The molecule has 3 aromatic carbocycles. The second-order valence-electron chi connectivity index (χ2n) is 9.12. The van der Waals surface area contributed by atoms with Crippen LogP contribution in [0.5, 0.6) is 11.5 Å². The fourth-order valence-corrected chi connectivity index (χ4v) is 4.46. The van der Waals surface area contributed by atoms with Crippen molar-refractivity contribution in [3.63, 3.8) is 0 Å². The molecule has 5 aromatic rings. The zero-order chi connectivity index (χ0) is 26.3. The first-order chi connectivity index (χ1) is 18.6. The number of rotatable bonds is 11. The van der Waals surface area contributed by atoms with Gasteiger partial charge in [0.05, 0.1) is 26.3 Å². The Morgan fingerprint density at radius 3 is 2.37 bits per heavy atom. The van der Waals surface area contributed by atoms with E-state index in [-0.39, 0.29) is 5.56 Å². The molecule has 9 nitrogen and oxygen atoms in total. The van der Waals surface area contributed by atoms with E-state index in [2.05, 4.69) is 37.5 Å². The number of H-pyrrole nitrogens is 1. The van der Waals surface area contributed by atoms with E-state index < -0.39 is 0 Å². The molecular formula is C29H30N6O3. The van der Waals surface area contributed by atoms with Crippen LogP contribution in [-0.2, 0) is 32.6 Å². The van der Waals surface area contributed by atoms with Crippen LogP contribution in [0.1, 0.15) is 22.5 Å². The second-order valence-corrected chi connectivity index (χ2v) is 9.12. The van der Waals surface area contributed by atoms with Crippen molar-refractivity contribution in [1.82, 2.24) is 30.1 Å². The van der Waals surface area contributed by atoms with Crippen molar-refractivity contribution < 1.29 is 9.47 Å². The van der Waals surface area contributed by atoms with Gasteiger partial charge in [-0.15, -0.1) is 5.10 Å². The minimum absolute atomic E-state index is 0.130. The van der Waals surface area contributed by atoms with E-state index in [0.29, 0.717) is 37.5 Å². The van der Waals surface area contributed by atoms with E-state index in [9.17, 15) is 4.79 Å². The molecule has 38 heavy (non-hydrogen) atoms. The number of benzene rings is 3. The average molecular weight is 511 g/mol. The van der Waals surface area contributed by atoms with Gasteiger partial charge in [-0.2, -0.15) is 0 Å². The Hall–Kier alpha value is -4.50. The molecule has 0 aliphatic carbocycles. The Morgan fingerprint density at radius 2 is 1.61 bits per heavy atom. The quantitative estimate of drug-likeness (QED) is 0.287. The number of aromatic amines is 1. The van der Waals surface area contributed by atoms with E-state index in [0.717, 1.165) is 34.5 Å². The summed E-state index contributed by atoms with van der Waals surface area (Å²) in [6.45, 7) is 2.18. The molecule has 2 aromatic heterocycles. The highest BCUT2D eigenvalue weighted by Crippen LogP contribution is 2.20. The fourth-order valence-electron chi connectivity index (χ4n) is 4.46. The zero-order valence-corrected chi connectivity index (χ0v) is 21.5. The Morgan fingerprint density at radius 1 is 0.842 bits per heavy atom. The Labute approximate surface area is 220 Å². The number of aryl methyl sites for hydroxylation is 2. The van der Waals surface area contributed by atoms with Gasteiger partial charge in [-0.25, -0.2) is 4.68 Å². The number of hydrogen-bond donors (Lipinski definition) is 1. The minimum atomic E-state index is -0.130. The molecular weight excluding hydrogens is 480 g/mol. The van der Waals surface area contributed by atoms with E-state index in [1.54, 1.807) is 14.2 Å². The Balaban J connectivity index is 1.40. The van der Waals surface area contributed by atoms with E-state index in [4.69, 9.17) is 9.47 Å². The average Bonchev–Trinajstić information content (AvgIpc) is 3.39. The summed E-state index contributed by atoms with van der Waals surface area (Å²) in [5.41, 5.74) is 3.60. The van der Waals surface area contributed by atoms with Crippen molar-refractivity contribution in [1.29, 1.82) is 0 Å². The lowest BCUT2D eigenvalue weighted by Gasteiger charge is -2.22. The number of tetrazole rings is 1. The van der Waals surface area contributed by atoms with Crippen molar-refractivity contribution in [2.24, 2.45) is 0 Å². The van der Waals surface area contributed by atoms with Crippen LogP contribution in [0, 0.1) is 0 Å². The predicted octanol–water partition coefficient (Wildman–Crippen LogP) is 3.98. The van der Waals surface area contributed by atoms with Crippen molar-refractivity contribution in [3.05, 3.63) is 112 Å². The normalized spacial score (nSPS) is 11.2. The molecule has 0 spiro atoms. The number of pyridine rings is 1. The largest absolute Gasteiger partial charge is 0.497 e. The molecule has 9 heteroatoms. The second kappa shape index (κ2) is 11.7. The molecule has 5 rings (SSSR count). The SMILES string of the molecule is COc1ccc(CN(Cc2cc3ccc(OC)cc3[nH]c2=O)Cc2nnnn2CCc2ccccc2)cc1. The number of aromatic nitrogens is 5. The van der Waals surface area contributed by atoms with Gasteiger partial charge in [0, 0.05) is 31.3 Å². The van der Waals surface area contributed by atoms with Crippen LogP contribution >= 0.6 is 0 Å². The highest BCUT2D eigenvalue weighted by molar-refractivity contribution is 5.80. The number of fused-ring (bicyclic) bond motifs is 1. The number of nitrogens with one attached hydrogen (secondary N) is 1. The smallest absolute Gasteiger partial charge is 0.252 e. The number of methoxy groups -OCH3 is 2. The molecule has 194 valence electrons. The highest BCUT2D eigenvalue weighted by Gasteiger charge is 2.16. The molecule has 0 bridgehead atoms. The third kappa shape index (κ3) is 6.07. The summed E-state index contributed by atoms with van der Waals surface area (Å²) in [6, 6.07) is 25.8. The topological polar surface area (TPSA) is 98.2 Å². The Bertz CT molecular complexity index is 1550. The maximum absolute atomic E-state index is 13.0. The molecule has 0 radical (unpaired) electrons. The molecule has 0 unspecified atom stereocenters. The standard InChI is InChI=1S/C29H30N6O3/c1-37-25-11-8-22(9-12-25)18-34(19-24-16-23-10-13-26(38-2)17-27(23)30-29(24)36)20-28-31-32-33-35(28)15-14-21-6-4-3-5-7-21/h3-13,16-17H,14-15,18-20H2,1-2H3,(H,30,36). The molecule has 1 N–H and O–H groups in total. The lowest BCUT2D eigenvalue weighted by atomic mass is 10.1. The third-order valence-electron chi connectivity index (χ3n) is 6.52. The van der Waals surface area contributed by atoms with Crippen LogP contribution < -0.4 is 15.0 Å². The van der Waals surface area contributed by atoms with Crippen LogP contribution in [0.4, 0.5) is 0 Å². The molecule has 0 saturated carbocycles. The van der Waals surface area contributed by atoms with Crippen LogP contribution in [0.3, 0.4) is 0 Å². The molecule has 0 aliphatic rings. The molecule has 0 saturated heterocycles. The summed E-state index contributed by atoms with van der Waals surface area (Å²) in [6.07, 6.45) is 0.825. The number of ether oxygens (including phenoxy) is 2. The number of nitrogens with zero attached hydrogens (tertiary/aromatic N) is 5. The van der Waals surface area contributed by atoms with Gasteiger partial charge in [0.25, 0.3) is 5.56 Å². The molecule has 0 fully saturated rings. The summed E-state index contributed by atoms with van der Waals surface area (Å²) in [5.74, 6) is 2.24. The number of hydrogen-bond acceptors (Lipinski definition) is 7. The first-order valence-electron chi connectivity index (χ1n) is 12.5. The maximum Gasteiger partial charge on any atom is 0.252 e.